The van der Waals surface area contributed by atoms with Crippen molar-refractivity contribution in [3.8, 4) is 0 Å². The summed E-state index contributed by atoms with van der Waals surface area (Å²) in [4.78, 5) is 12.3. The number of carbonyl (C=O) groups excluding carboxylic acids is 1. The highest BCUT2D eigenvalue weighted by Gasteiger charge is 2.57. The van der Waals surface area contributed by atoms with Crippen molar-refractivity contribution in [2.45, 2.75) is 52.9 Å². The highest BCUT2D eigenvalue weighted by molar-refractivity contribution is 5.97. The summed E-state index contributed by atoms with van der Waals surface area (Å²) < 4.78 is 0. The number of hydrogen-bond donors (Lipinski definition) is 0. The lowest BCUT2D eigenvalue weighted by Crippen LogP contribution is -2.43. The summed E-state index contributed by atoms with van der Waals surface area (Å²) in [7, 11) is 0. The first-order valence-corrected chi connectivity index (χ1v) is 6.71. The molecule has 0 N–H and O–H groups in total. The van der Waals surface area contributed by atoms with E-state index >= 15 is 0 Å². The minimum atomic E-state index is 0.206. The van der Waals surface area contributed by atoms with E-state index in [2.05, 4.69) is 20.8 Å². The van der Waals surface area contributed by atoms with Gasteiger partial charge in [-0.1, -0.05) is 32.8 Å². The van der Waals surface area contributed by atoms with Crippen molar-refractivity contribution >= 4 is 5.78 Å². The number of fused-ring (bicyclic) bond motifs is 1. The van der Waals surface area contributed by atoms with Gasteiger partial charge in [0.25, 0.3) is 0 Å². The molecule has 16 heavy (non-hydrogen) atoms. The van der Waals surface area contributed by atoms with Gasteiger partial charge in [-0.3, -0.25) is 4.79 Å². The summed E-state index contributed by atoms with van der Waals surface area (Å²) in [6.07, 6.45) is 8.40. The Morgan fingerprint density at radius 2 is 1.88 bits per heavy atom. The highest BCUT2D eigenvalue weighted by atomic mass is 16.1. The molecule has 0 spiro atoms. The van der Waals surface area contributed by atoms with Crippen LogP contribution in [-0.4, -0.2) is 5.78 Å². The Hall–Kier alpha value is -0.590. The fourth-order valence-corrected chi connectivity index (χ4v) is 4.45. The van der Waals surface area contributed by atoms with E-state index in [1.165, 1.54) is 37.7 Å². The van der Waals surface area contributed by atoms with Crippen LogP contribution in [0.3, 0.4) is 0 Å². The van der Waals surface area contributed by atoms with Gasteiger partial charge in [-0.2, -0.15) is 0 Å². The van der Waals surface area contributed by atoms with E-state index in [9.17, 15) is 4.79 Å². The third-order valence-corrected chi connectivity index (χ3v) is 5.19. The summed E-state index contributed by atoms with van der Waals surface area (Å²) in [5.41, 5.74) is 1.92. The minimum absolute atomic E-state index is 0.206. The largest absolute Gasteiger partial charge is 0.294 e. The van der Waals surface area contributed by atoms with Crippen LogP contribution in [0.2, 0.25) is 0 Å². The molecule has 0 amide bonds. The van der Waals surface area contributed by atoms with E-state index in [1.54, 1.807) is 0 Å². The number of hydrogen-bond acceptors (Lipinski definition) is 1. The molecule has 0 aliphatic heterocycles. The van der Waals surface area contributed by atoms with Crippen LogP contribution in [0.15, 0.2) is 11.6 Å². The van der Waals surface area contributed by atoms with Gasteiger partial charge in [0.15, 0.2) is 5.78 Å². The SMILES string of the molecule is CC1(C)CCC[C@@]2(C)C(C3CC3)=CC(=O)[C@@H]12. The molecule has 3 rings (SSSR count). The van der Waals surface area contributed by atoms with Crippen LogP contribution in [0, 0.1) is 22.7 Å². The minimum Gasteiger partial charge on any atom is -0.294 e. The molecule has 0 radical (unpaired) electrons. The van der Waals surface area contributed by atoms with E-state index in [0.717, 1.165) is 5.92 Å². The molecule has 3 aliphatic rings. The molecule has 3 aliphatic carbocycles. The van der Waals surface area contributed by atoms with Gasteiger partial charge in [0.05, 0.1) is 0 Å². The van der Waals surface area contributed by atoms with Gasteiger partial charge in [0.1, 0.15) is 0 Å². The Balaban J connectivity index is 2.03. The van der Waals surface area contributed by atoms with Crippen LogP contribution in [-0.2, 0) is 4.79 Å². The van der Waals surface area contributed by atoms with Crippen molar-refractivity contribution in [1.82, 2.24) is 0 Å². The molecular formula is C15H22O. The zero-order valence-electron chi connectivity index (χ0n) is 10.7. The molecule has 2 atom stereocenters. The lowest BCUT2D eigenvalue weighted by molar-refractivity contribution is -0.126. The molecule has 2 saturated carbocycles. The van der Waals surface area contributed by atoms with Gasteiger partial charge in [0.2, 0.25) is 0 Å². The monoisotopic (exact) mass is 218 g/mol. The van der Waals surface area contributed by atoms with Crippen LogP contribution >= 0.6 is 0 Å². The van der Waals surface area contributed by atoms with Gasteiger partial charge >= 0.3 is 0 Å². The summed E-state index contributed by atoms with van der Waals surface area (Å²) in [6.45, 7) is 6.93. The second-order valence-electron chi connectivity index (χ2n) is 6.97. The van der Waals surface area contributed by atoms with Crippen molar-refractivity contribution in [2.75, 3.05) is 0 Å². The number of carbonyl (C=O) groups is 1. The second kappa shape index (κ2) is 3.00. The Kier molecular flexibility index (Phi) is 1.98. The number of rotatable bonds is 1. The van der Waals surface area contributed by atoms with Crippen LogP contribution in [0.1, 0.15) is 52.9 Å². The van der Waals surface area contributed by atoms with E-state index < -0.39 is 0 Å². The summed E-state index contributed by atoms with van der Waals surface area (Å²) in [5, 5.41) is 0. The Labute approximate surface area is 98.3 Å². The number of ketones is 1. The lowest BCUT2D eigenvalue weighted by atomic mass is 9.55. The maximum Gasteiger partial charge on any atom is 0.160 e. The van der Waals surface area contributed by atoms with Crippen LogP contribution in [0.5, 0.6) is 0 Å². The van der Waals surface area contributed by atoms with Gasteiger partial charge < -0.3 is 0 Å². The smallest absolute Gasteiger partial charge is 0.160 e. The molecule has 0 heterocycles. The molecule has 0 aromatic carbocycles. The molecule has 88 valence electrons. The van der Waals surface area contributed by atoms with Gasteiger partial charge in [-0.25, -0.2) is 0 Å². The van der Waals surface area contributed by atoms with Crippen molar-refractivity contribution < 1.29 is 4.79 Å². The number of allylic oxidation sites excluding steroid dienone is 2. The van der Waals surface area contributed by atoms with Crippen LogP contribution < -0.4 is 0 Å². The van der Waals surface area contributed by atoms with Gasteiger partial charge in [-0.15, -0.1) is 0 Å². The van der Waals surface area contributed by atoms with E-state index in [-0.39, 0.29) is 16.7 Å². The first-order chi connectivity index (χ1) is 7.45. The fourth-order valence-electron chi connectivity index (χ4n) is 4.45. The van der Waals surface area contributed by atoms with Crippen molar-refractivity contribution in [1.29, 1.82) is 0 Å². The van der Waals surface area contributed by atoms with E-state index in [1.807, 2.05) is 6.08 Å². The first kappa shape index (κ1) is 10.6. The van der Waals surface area contributed by atoms with E-state index in [4.69, 9.17) is 0 Å². The van der Waals surface area contributed by atoms with E-state index in [0.29, 0.717) is 5.78 Å². The zero-order valence-corrected chi connectivity index (χ0v) is 10.7. The van der Waals surface area contributed by atoms with Gasteiger partial charge in [-0.05, 0) is 48.5 Å². The highest BCUT2D eigenvalue weighted by Crippen LogP contribution is 2.62. The van der Waals surface area contributed by atoms with Crippen molar-refractivity contribution in [2.24, 2.45) is 22.7 Å². The fraction of sp³-hybridized carbons (Fsp3) is 0.800. The molecule has 2 fully saturated rings. The Morgan fingerprint density at radius 1 is 1.19 bits per heavy atom. The second-order valence-corrected chi connectivity index (χ2v) is 6.97. The topological polar surface area (TPSA) is 17.1 Å². The van der Waals surface area contributed by atoms with Crippen molar-refractivity contribution in [3.63, 3.8) is 0 Å². The molecule has 0 aromatic heterocycles. The molecular weight excluding hydrogens is 196 g/mol. The summed E-state index contributed by atoms with van der Waals surface area (Å²) >= 11 is 0. The predicted octanol–water partition coefficient (Wildman–Crippen LogP) is 3.74. The Morgan fingerprint density at radius 3 is 2.50 bits per heavy atom. The third-order valence-electron chi connectivity index (χ3n) is 5.19. The third kappa shape index (κ3) is 1.26. The predicted molar refractivity (Wildman–Crippen MR) is 65.0 cm³/mol. The Bertz CT molecular complexity index is 373. The van der Waals surface area contributed by atoms with Crippen LogP contribution in [0.25, 0.3) is 0 Å². The normalized spacial score (nSPS) is 41.8. The molecule has 0 bridgehead atoms. The average Bonchev–Trinajstić information content (AvgIpc) is 2.92. The zero-order chi connectivity index (χ0) is 11.6. The average molecular weight is 218 g/mol. The van der Waals surface area contributed by atoms with Crippen molar-refractivity contribution in [3.05, 3.63) is 11.6 Å². The summed E-state index contributed by atoms with van der Waals surface area (Å²) in [5.74, 6) is 1.45. The van der Waals surface area contributed by atoms with Gasteiger partial charge in [0, 0.05) is 5.92 Å². The molecule has 0 saturated heterocycles. The molecule has 1 nitrogen and oxygen atoms in total. The maximum absolute atomic E-state index is 12.3. The molecule has 0 aromatic rings. The maximum atomic E-state index is 12.3. The first-order valence-electron chi connectivity index (χ1n) is 6.71. The molecule has 0 unspecified atom stereocenters. The summed E-state index contributed by atoms with van der Waals surface area (Å²) in [6, 6.07) is 0. The molecule has 1 heteroatoms. The van der Waals surface area contributed by atoms with Crippen LogP contribution in [0.4, 0.5) is 0 Å². The standard InChI is InChI=1S/C15H22O/c1-14(2)7-4-8-15(3)11(10-5-6-10)9-12(16)13(14)15/h9-10,13H,4-8H2,1-3H3/t13-,15-/m0/s1. The lowest BCUT2D eigenvalue weighted by Gasteiger charge is -2.47. The quantitative estimate of drug-likeness (QED) is 0.655.